The molecule has 0 atom stereocenters. The number of anilines is 4. The van der Waals surface area contributed by atoms with Crippen LogP contribution in [0, 0.1) is 18.6 Å². The minimum absolute atomic E-state index is 0.0899. The fourth-order valence-corrected chi connectivity index (χ4v) is 5.08. The number of halogens is 2. The molecule has 232 valence electrons. The average molecular weight is 615 g/mol. The second-order valence-electron chi connectivity index (χ2n) is 10.5. The maximum absolute atomic E-state index is 15.1. The van der Waals surface area contributed by atoms with Crippen LogP contribution >= 0.6 is 0 Å². The standard InChI is InChI=1S/C32H32F2N8O3/c1-5-45-22-14-24(33)23(25(34)15-22)17-42-31(19-6-7-19)18(2)30(41-42)32-39-26(37-20-8-10-35-28(12-20)43-3)16-27(40-32)38-21-9-11-36-29(13-21)44-4/h8-16,19H,5-7,17H2,1-4H3,(H2,35,36,37,38,39,40). The molecule has 0 spiro atoms. The highest BCUT2D eigenvalue weighted by atomic mass is 19.1. The van der Waals surface area contributed by atoms with Gasteiger partial charge in [-0.25, -0.2) is 28.7 Å². The van der Waals surface area contributed by atoms with Crippen LogP contribution in [0.15, 0.2) is 54.9 Å². The summed E-state index contributed by atoms with van der Waals surface area (Å²) < 4.78 is 47.7. The summed E-state index contributed by atoms with van der Waals surface area (Å²) in [6.07, 6.45) is 5.17. The quantitative estimate of drug-likeness (QED) is 0.160. The summed E-state index contributed by atoms with van der Waals surface area (Å²) >= 11 is 0. The zero-order valence-corrected chi connectivity index (χ0v) is 25.3. The molecule has 0 unspecified atom stereocenters. The molecule has 45 heavy (non-hydrogen) atoms. The van der Waals surface area contributed by atoms with Crippen molar-refractivity contribution in [2.75, 3.05) is 31.5 Å². The van der Waals surface area contributed by atoms with Crippen molar-refractivity contribution in [3.63, 3.8) is 0 Å². The second-order valence-corrected chi connectivity index (χ2v) is 10.5. The lowest BCUT2D eigenvalue weighted by Crippen LogP contribution is -2.10. The molecule has 0 amide bonds. The summed E-state index contributed by atoms with van der Waals surface area (Å²) in [5.74, 6) is 1.15. The zero-order chi connectivity index (χ0) is 31.5. The van der Waals surface area contributed by atoms with Crippen molar-refractivity contribution >= 4 is 23.0 Å². The number of ether oxygens (including phenoxy) is 3. The van der Waals surface area contributed by atoms with Crippen LogP contribution in [-0.2, 0) is 6.54 Å². The van der Waals surface area contributed by atoms with Gasteiger partial charge in [-0.15, -0.1) is 0 Å². The van der Waals surface area contributed by atoms with E-state index in [0.29, 0.717) is 52.9 Å². The Balaban J connectivity index is 1.41. The summed E-state index contributed by atoms with van der Waals surface area (Å²) in [5.41, 5.74) is 3.58. The van der Waals surface area contributed by atoms with Crippen LogP contribution in [-0.4, -0.2) is 50.5 Å². The van der Waals surface area contributed by atoms with Crippen molar-refractivity contribution in [2.45, 2.75) is 39.2 Å². The first-order valence-corrected chi connectivity index (χ1v) is 14.5. The first-order valence-electron chi connectivity index (χ1n) is 14.5. The van der Waals surface area contributed by atoms with Gasteiger partial charge in [0, 0.05) is 76.8 Å². The summed E-state index contributed by atoms with van der Waals surface area (Å²) in [6.45, 7) is 3.91. The van der Waals surface area contributed by atoms with E-state index in [9.17, 15) is 0 Å². The van der Waals surface area contributed by atoms with Gasteiger partial charge < -0.3 is 24.8 Å². The van der Waals surface area contributed by atoms with Crippen LogP contribution in [0.25, 0.3) is 11.5 Å². The fraction of sp³-hybridized carbons (Fsp3) is 0.281. The van der Waals surface area contributed by atoms with Crippen molar-refractivity contribution in [3.05, 3.63) is 83.3 Å². The number of benzene rings is 1. The highest BCUT2D eigenvalue weighted by Crippen LogP contribution is 2.44. The molecular formula is C32H32F2N8O3. The first-order chi connectivity index (χ1) is 21.8. The van der Waals surface area contributed by atoms with E-state index in [-0.39, 0.29) is 23.8 Å². The van der Waals surface area contributed by atoms with Crippen LogP contribution in [0.2, 0.25) is 0 Å². The monoisotopic (exact) mass is 614 g/mol. The summed E-state index contributed by atoms with van der Waals surface area (Å²) in [5, 5.41) is 11.4. The third kappa shape index (κ3) is 6.61. The molecule has 0 bridgehead atoms. The normalized spacial score (nSPS) is 12.6. The molecule has 1 aliphatic rings. The zero-order valence-electron chi connectivity index (χ0n) is 25.3. The minimum Gasteiger partial charge on any atom is -0.494 e. The number of nitrogens with zero attached hydrogens (tertiary/aromatic N) is 6. The molecule has 4 heterocycles. The lowest BCUT2D eigenvalue weighted by atomic mass is 10.1. The molecule has 1 aliphatic carbocycles. The van der Waals surface area contributed by atoms with Crippen LogP contribution in [0.4, 0.5) is 31.8 Å². The van der Waals surface area contributed by atoms with Crippen molar-refractivity contribution < 1.29 is 23.0 Å². The number of hydrogen-bond acceptors (Lipinski definition) is 10. The number of pyridine rings is 2. The Kier molecular flexibility index (Phi) is 8.41. The highest BCUT2D eigenvalue weighted by molar-refractivity contribution is 5.68. The van der Waals surface area contributed by atoms with Crippen LogP contribution in [0.1, 0.15) is 42.5 Å². The van der Waals surface area contributed by atoms with Gasteiger partial charge in [-0.1, -0.05) is 0 Å². The summed E-state index contributed by atoms with van der Waals surface area (Å²) in [4.78, 5) is 17.9. The van der Waals surface area contributed by atoms with E-state index in [1.54, 1.807) is 68.6 Å². The number of nitrogens with one attached hydrogen (secondary N) is 2. The van der Waals surface area contributed by atoms with Gasteiger partial charge >= 0.3 is 0 Å². The third-order valence-electron chi connectivity index (χ3n) is 7.31. The largest absolute Gasteiger partial charge is 0.494 e. The molecule has 1 saturated carbocycles. The molecule has 1 aromatic carbocycles. The second kappa shape index (κ2) is 12.7. The third-order valence-corrected chi connectivity index (χ3v) is 7.31. The lowest BCUT2D eigenvalue weighted by Gasteiger charge is -2.12. The Hall–Kier alpha value is -5.33. The Morgan fingerprint density at radius 3 is 1.96 bits per heavy atom. The molecular weight excluding hydrogens is 582 g/mol. The molecule has 5 aromatic rings. The maximum Gasteiger partial charge on any atom is 0.214 e. The van der Waals surface area contributed by atoms with E-state index in [1.807, 2.05) is 6.92 Å². The Morgan fingerprint density at radius 1 is 0.867 bits per heavy atom. The van der Waals surface area contributed by atoms with E-state index in [2.05, 4.69) is 20.6 Å². The maximum atomic E-state index is 15.1. The van der Waals surface area contributed by atoms with Gasteiger partial charge in [-0.3, -0.25) is 4.68 Å². The number of rotatable bonds is 12. The fourth-order valence-electron chi connectivity index (χ4n) is 5.08. The van der Waals surface area contributed by atoms with Gasteiger partial charge in [-0.2, -0.15) is 5.10 Å². The molecule has 0 radical (unpaired) electrons. The summed E-state index contributed by atoms with van der Waals surface area (Å²) in [7, 11) is 3.09. The lowest BCUT2D eigenvalue weighted by molar-refractivity contribution is 0.335. The van der Waals surface area contributed by atoms with Crippen molar-refractivity contribution in [1.29, 1.82) is 0 Å². The van der Waals surface area contributed by atoms with Crippen LogP contribution < -0.4 is 24.8 Å². The predicted molar refractivity (Wildman–Crippen MR) is 165 cm³/mol. The van der Waals surface area contributed by atoms with Gasteiger partial charge in [0.05, 0.1) is 27.4 Å². The molecule has 13 heteroatoms. The van der Waals surface area contributed by atoms with Crippen LogP contribution in [0.5, 0.6) is 17.5 Å². The number of methoxy groups -OCH3 is 2. The molecule has 6 rings (SSSR count). The number of hydrogen-bond donors (Lipinski definition) is 2. The van der Waals surface area contributed by atoms with E-state index in [4.69, 9.17) is 29.3 Å². The summed E-state index contributed by atoms with van der Waals surface area (Å²) in [6, 6.07) is 11.2. The Labute approximate surface area is 258 Å². The van der Waals surface area contributed by atoms with E-state index in [1.165, 1.54) is 12.1 Å². The van der Waals surface area contributed by atoms with Crippen molar-refractivity contribution in [1.82, 2.24) is 29.7 Å². The van der Waals surface area contributed by atoms with E-state index >= 15 is 8.78 Å². The molecule has 11 nitrogen and oxygen atoms in total. The number of aromatic nitrogens is 6. The SMILES string of the molecule is CCOc1cc(F)c(Cn2nc(-c3nc(Nc4ccnc(OC)c4)cc(Nc4ccnc(OC)c4)n3)c(C)c2C2CC2)c(F)c1. The average Bonchev–Trinajstić information content (AvgIpc) is 3.81. The topological polar surface area (TPSA) is 121 Å². The Bertz CT molecular complexity index is 1750. The Morgan fingerprint density at radius 2 is 1.44 bits per heavy atom. The molecule has 0 aliphatic heterocycles. The molecule has 1 fully saturated rings. The van der Waals surface area contributed by atoms with E-state index in [0.717, 1.165) is 24.1 Å². The van der Waals surface area contributed by atoms with Gasteiger partial charge in [0.2, 0.25) is 11.8 Å². The van der Waals surface area contributed by atoms with Gasteiger partial charge in [0.25, 0.3) is 0 Å². The van der Waals surface area contributed by atoms with Crippen molar-refractivity contribution in [2.24, 2.45) is 0 Å². The smallest absolute Gasteiger partial charge is 0.214 e. The van der Waals surface area contributed by atoms with E-state index < -0.39 is 11.6 Å². The molecule has 4 aromatic heterocycles. The predicted octanol–water partition coefficient (Wildman–Crippen LogP) is 6.55. The minimum atomic E-state index is -0.690. The first kappa shape index (κ1) is 29.7. The molecule has 2 N–H and O–H groups in total. The van der Waals surface area contributed by atoms with Crippen LogP contribution in [0.3, 0.4) is 0 Å². The van der Waals surface area contributed by atoms with Crippen molar-refractivity contribution in [3.8, 4) is 29.0 Å². The van der Waals surface area contributed by atoms with Gasteiger partial charge in [0.15, 0.2) is 5.82 Å². The van der Waals surface area contributed by atoms with Gasteiger partial charge in [-0.05, 0) is 38.8 Å². The molecule has 0 saturated heterocycles. The van der Waals surface area contributed by atoms with Gasteiger partial charge in [0.1, 0.15) is 34.7 Å². The highest BCUT2D eigenvalue weighted by Gasteiger charge is 2.32.